The molecule has 0 aliphatic heterocycles. The molecule has 0 atom stereocenters. The lowest BCUT2D eigenvalue weighted by Gasteiger charge is -2.09. The van der Waals surface area contributed by atoms with Crippen molar-refractivity contribution in [3.63, 3.8) is 0 Å². The van der Waals surface area contributed by atoms with E-state index >= 15 is 0 Å². The highest BCUT2D eigenvalue weighted by atomic mass is 32.2. The summed E-state index contributed by atoms with van der Waals surface area (Å²) in [4.78, 5) is 3.91. The van der Waals surface area contributed by atoms with Crippen molar-refractivity contribution in [2.75, 3.05) is 11.3 Å². The summed E-state index contributed by atoms with van der Waals surface area (Å²) in [5, 5.41) is -0.0542. The molecular weight excluding hydrogens is 290 g/mol. The van der Waals surface area contributed by atoms with Gasteiger partial charge in [0.05, 0.1) is 12.3 Å². The fourth-order valence-electron chi connectivity index (χ4n) is 1.71. The first-order valence-corrected chi connectivity index (χ1v) is 7.94. The van der Waals surface area contributed by atoms with Gasteiger partial charge in [0.2, 0.25) is 0 Å². The Morgan fingerprint density at radius 3 is 2.71 bits per heavy atom. The molecule has 0 aliphatic rings. The Morgan fingerprint density at radius 1 is 1.29 bits per heavy atom. The van der Waals surface area contributed by atoms with Crippen LogP contribution in [0.2, 0.25) is 0 Å². The summed E-state index contributed by atoms with van der Waals surface area (Å²) in [6, 6.07) is 9.81. The van der Waals surface area contributed by atoms with Gasteiger partial charge in [-0.2, -0.15) is 8.42 Å². The third-order valence-electron chi connectivity index (χ3n) is 2.71. The summed E-state index contributed by atoms with van der Waals surface area (Å²) in [6.07, 6.45) is 1.45. The zero-order chi connectivity index (χ0) is 15.3. The summed E-state index contributed by atoms with van der Waals surface area (Å²) in [5.74, 6) is 0.601. The molecule has 0 bridgehead atoms. The molecule has 0 aliphatic carbocycles. The molecular formula is C14H17N3O3S. The first kappa shape index (κ1) is 15.3. The average Bonchev–Trinajstić information content (AvgIpc) is 2.47. The fraction of sp³-hybridized carbons (Fsp3) is 0.214. The summed E-state index contributed by atoms with van der Waals surface area (Å²) in [7, 11) is -3.73. The molecule has 1 aromatic heterocycles. The molecule has 1 aromatic carbocycles. The summed E-state index contributed by atoms with van der Waals surface area (Å²) in [6.45, 7) is 2.69. The predicted octanol–water partition coefficient (Wildman–Crippen LogP) is 1.74. The van der Waals surface area contributed by atoms with Crippen molar-refractivity contribution in [3.05, 3.63) is 48.2 Å². The van der Waals surface area contributed by atoms with Crippen molar-refractivity contribution < 1.29 is 13.2 Å². The molecule has 6 nitrogen and oxygen atoms in total. The quantitative estimate of drug-likeness (QED) is 0.847. The van der Waals surface area contributed by atoms with Gasteiger partial charge in [0.1, 0.15) is 5.75 Å². The van der Waals surface area contributed by atoms with Crippen LogP contribution < -0.4 is 15.2 Å². The first-order valence-electron chi connectivity index (χ1n) is 6.46. The van der Waals surface area contributed by atoms with Crippen LogP contribution in [0.3, 0.4) is 0 Å². The van der Waals surface area contributed by atoms with Crippen molar-refractivity contribution in [1.29, 1.82) is 0 Å². The van der Waals surface area contributed by atoms with Crippen LogP contribution in [-0.4, -0.2) is 20.0 Å². The van der Waals surface area contributed by atoms with Crippen LogP contribution in [0.25, 0.3) is 0 Å². The molecule has 2 aromatic rings. The molecule has 0 saturated heterocycles. The van der Waals surface area contributed by atoms with Crippen LogP contribution in [0.1, 0.15) is 12.5 Å². The Labute approximate surface area is 124 Å². The summed E-state index contributed by atoms with van der Waals surface area (Å²) >= 11 is 0. The van der Waals surface area contributed by atoms with E-state index in [4.69, 9.17) is 10.5 Å². The van der Waals surface area contributed by atoms with E-state index in [1.54, 1.807) is 30.3 Å². The number of aromatic nitrogens is 1. The van der Waals surface area contributed by atoms with Crippen molar-refractivity contribution in [3.8, 4) is 5.75 Å². The van der Waals surface area contributed by atoms with Crippen LogP contribution in [0.15, 0.2) is 47.6 Å². The molecule has 0 fully saturated rings. The van der Waals surface area contributed by atoms with Crippen LogP contribution >= 0.6 is 0 Å². The zero-order valence-corrected chi connectivity index (χ0v) is 12.4. The second-order valence-electron chi connectivity index (χ2n) is 4.28. The number of rotatable bonds is 6. The molecule has 1 heterocycles. The van der Waals surface area contributed by atoms with Crippen LogP contribution in [-0.2, 0) is 16.6 Å². The van der Waals surface area contributed by atoms with Gasteiger partial charge in [0.25, 0.3) is 10.0 Å². The number of nitrogens with one attached hydrogen (secondary N) is 1. The minimum absolute atomic E-state index is 0.0542. The Kier molecular flexibility index (Phi) is 4.77. The lowest BCUT2D eigenvalue weighted by atomic mass is 10.3. The Balaban J connectivity index is 2.21. The zero-order valence-electron chi connectivity index (χ0n) is 11.6. The highest BCUT2D eigenvalue weighted by molar-refractivity contribution is 7.92. The van der Waals surface area contributed by atoms with Gasteiger partial charge in [0.15, 0.2) is 5.03 Å². The van der Waals surface area contributed by atoms with Gasteiger partial charge in [-0.05, 0) is 30.7 Å². The maximum Gasteiger partial charge on any atom is 0.279 e. The van der Waals surface area contributed by atoms with Gasteiger partial charge in [-0.15, -0.1) is 0 Å². The maximum absolute atomic E-state index is 12.2. The predicted molar refractivity (Wildman–Crippen MR) is 80.5 cm³/mol. The molecule has 3 N–H and O–H groups in total. The number of anilines is 1. The van der Waals surface area contributed by atoms with Gasteiger partial charge in [-0.1, -0.05) is 12.1 Å². The van der Waals surface area contributed by atoms with E-state index < -0.39 is 10.0 Å². The number of hydrogen-bond donors (Lipinski definition) is 2. The monoisotopic (exact) mass is 307 g/mol. The second-order valence-corrected chi connectivity index (χ2v) is 5.90. The maximum atomic E-state index is 12.2. The molecule has 0 saturated carbocycles. The normalized spacial score (nSPS) is 11.1. The van der Waals surface area contributed by atoms with Gasteiger partial charge in [0, 0.05) is 18.8 Å². The Bertz CT molecular complexity index is 700. The van der Waals surface area contributed by atoms with Crippen molar-refractivity contribution in [2.24, 2.45) is 5.73 Å². The largest absolute Gasteiger partial charge is 0.494 e. The van der Waals surface area contributed by atoms with E-state index in [9.17, 15) is 8.42 Å². The second kappa shape index (κ2) is 6.55. The number of pyridine rings is 1. The SMILES string of the molecule is CCOc1cccc(NS(=O)(=O)c2ccc(CN)cn2)c1. The molecule has 7 heteroatoms. The number of hydrogen-bond acceptors (Lipinski definition) is 5. The third kappa shape index (κ3) is 3.93. The number of nitrogens with zero attached hydrogens (tertiary/aromatic N) is 1. The van der Waals surface area contributed by atoms with Gasteiger partial charge < -0.3 is 10.5 Å². The highest BCUT2D eigenvalue weighted by Gasteiger charge is 2.15. The highest BCUT2D eigenvalue weighted by Crippen LogP contribution is 2.20. The van der Waals surface area contributed by atoms with Gasteiger partial charge >= 0.3 is 0 Å². The lowest BCUT2D eigenvalue weighted by molar-refractivity contribution is 0.340. The van der Waals surface area contributed by atoms with Crippen molar-refractivity contribution >= 4 is 15.7 Å². The van der Waals surface area contributed by atoms with Gasteiger partial charge in [-0.3, -0.25) is 4.72 Å². The minimum Gasteiger partial charge on any atom is -0.494 e. The van der Waals surface area contributed by atoms with Crippen molar-refractivity contribution in [2.45, 2.75) is 18.5 Å². The number of benzene rings is 1. The van der Waals surface area contributed by atoms with Crippen LogP contribution in [0.4, 0.5) is 5.69 Å². The lowest BCUT2D eigenvalue weighted by Crippen LogP contribution is -2.14. The Hall–Kier alpha value is -2.12. The number of nitrogens with two attached hydrogens (primary N) is 1. The van der Waals surface area contributed by atoms with Crippen LogP contribution in [0.5, 0.6) is 5.75 Å². The van der Waals surface area contributed by atoms with Crippen molar-refractivity contribution in [1.82, 2.24) is 4.98 Å². The van der Waals surface area contributed by atoms with Crippen LogP contribution in [0, 0.1) is 0 Å². The topological polar surface area (TPSA) is 94.3 Å². The molecule has 21 heavy (non-hydrogen) atoms. The average molecular weight is 307 g/mol. The summed E-state index contributed by atoms with van der Waals surface area (Å²) in [5.41, 5.74) is 6.65. The molecule has 112 valence electrons. The van der Waals surface area contributed by atoms with E-state index in [1.165, 1.54) is 12.3 Å². The molecule has 0 radical (unpaired) electrons. The number of sulfonamides is 1. The molecule has 0 unspecified atom stereocenters. The molecule has 2 rings (SSSR count). The minimum atomic E-state index is -3.73. The van der Waals surface area contributed by atoms with E-state index in [-0.39, 0.29) is 5.03 Å². The smallest absolute Gasteiger partial charge is 0.279 e. The molecule has 0 amide bonds. The van der Waals surface area contributed by atoms with Gasteiger partial charge in [-0.25, -0.2) is 4.98 Å². The number of ether oxygens (including phenoxy) is 1. The molecule has 0 spiro atoms. The van der Waals surface area contributed by atoms with E-state index in [0.717, 1.165) is 5.56 Å². The fourth-order valence-corrected chi connectivity index (χ4v) is 2.69. The van der Waals surface area contributed by atoms with E-state index in [0.29, 0.717) is 24.6 Å². The van der Waals surface area contributed by atoms with E-state index in [2.05, 4.69) is 9.71 Å². The standard InChI is InChI=1S/C14H17N3O3S/c1-2-20-13-5-3-4-12(8-13)17-21(18,19)14-7-6-11(9-15)10-16-14/h3-8,10,17H,2,9,15H2,1H3. The van der Waals surface area contributed by atoms with E-state index in [1.807, 2.05) is 6.92 Å². The Morgan fingerprint density at radius 2 is 2.10 bits per heavy atom. The third-order valence-corrected chi connectivity index (χ3v) is 4.00. The first-order chi connectivity index (χ1) is 10.0. The summed E-state index contributed by atoms with van der Waals surface area (Å²) < 4.78 is 32.3.